The molecule has 0 fully saturated rings. The molecule has 7 nitrogen and oxygen atoms in total. The highest BCUT2D eigenvalue weighted by Gasteiger charge is 2.08. The Morgan fingerprint density at radius 3 is 3.06 bits per heavy atom. The number of nitrogens with zero attached hydrogens (tertiary/aromatic N) is 2. The Bertz CT molecular complexity index is 418. The molecule has 0 saturated heterocycles. The van der Waals surface area contributed by atoms with Gasteiger partial charge in [0.15, 0.2) is 0 Å². The average molecular weight is 220 g/mol. The van der Waals surface area contributed by atoms with Gasteiger partial charge in [-0.3, -0.25) is 0 Å². The van der Waals surface area contributed by atoms with Gasteiger partial charge in [-0.1, -0.05) is 6.07 Å². The first-order valence-electron chi connectivity index (χ1n) is 4.71. The summed E-state index contributed by atoms with van der Waals surface area (Å²) < 4.78 is 0. The fourth-order valence-corrected chi connectivity index (χ4v) is 1.26. The van der Waals surface area contributed by atoms with Crippen LogP contribution in [0.15, 0.2) is 29.4 Å². The molecule has 0 spiro atoms. The summed E-state index contributed by atoms with van der Waals surface area (Å²) in [5, 5.41) is 10.6. The molecule has 16 heavy (non-hydrogen) atoms. The van der Waals surface area contributed by atoms with E-state index in [0.29, 0.717) is 5.69 Å². The number of urea groups is 1. The molecule has 0 atom stereocenters. The van der Waals surface area contributed by atoms with Crippen molar-refractivity contribution in [3.05, 3.63) is 24.3 Å². The quantitative estimate of drug-likeness (QED) is 0.574. The van der Waals surface area contributed by atoms with Crippen LogP contribution in [0.25, 0.3) is 0 Å². The van der Waals surface area contributed by atoms with E-state index >= 15 is 0 Å². The van der Waals surface area contributed by atoms with Crippen LogP contribution in [-0.4, -0.2) is 19.4 Å². The normalized spacial score (nSPS) is 13.4. The Labute approximate surface area is 92.4 Å². The molecule has 0 unspecified atom stereocenters. The van der Waals surface area contributed by atoms with Crippen molar-refractivity contribution >= 4 is 23.7 Å². The smallest absolute Gasteiger partial charge is 0.318 e. The van der Waals surface area contributed by atoms with E-state index in [-0.39, 0.29) is 6.03 Å². The zero-order valence-electron chi connectivity index (χ0n) is 8.69. The summed E-state index contributed by atoms with van der Waals surface area (Å²) in [7, 11) is 1.57. The molecule has 4 N–H and O–H groups in total. The number of carbonyl (C=O) groups is 1. The minimum Gasteiger partial charge on any atom is -0.341 e. The maximum atomic E-state index is 11.1. The Hall–Kier alpha value is -2.28. The van der Waals surface area contributed by atoms with Crippen molar-refractivity contribution < 1.29 is 4.79 Å². The lowest BCUT2D eigenvalue weighted by Gasteiger charge is -2.14. The van der Waals surface area contributed by atoms with E-state index < -0.39 is 0 Å². The van der Waals surface area contributed by atoms with Crippen LogP contribution in [0.5, 0.6) is 0 Å². The third kappa shape index (κ3) is 2.20. The lowest BCUT2D eigenvalue weighted by molar-refractivity contribution is 0.254. The van der Waals surface area contributed by atoms with Crippen molar-refractivity contribution in [1.82, 2.24) is 16.4 Å². The molecule has 0 bridgehead atoms. The van der Waals surface area contributed by atoms with Crippen molar-refractivity contribution in [1.29, 1.82) is 0 Å². The van der Waals surface area contributed by atoms with Gasteiger partial charge in [0.2, 0.25) is 0 Å². The lowest BCUT2D eigenvalue weighted by atomic mass is 10.3. The molecule has 0 aromatic heterocycles. The molecular formula is C9H12N6O. The van der Waals surface area contributed by atoms with E-state index in [1.165, 1.54) is 0 Å². The molecule has 1 heterocycles. The zero-order chi connectivity index (χ0) is 11.4. The zero-order valence-corrected chi connectivity index (χ0v) is 8.69. The summed E-state index contributed by atoms with van der Waals surface area (Å²) in [6.07, 6.45) is 1.60. The fourth-order valence-electron chi connectivity index (χ4n) is 1.26. The molecule has 7 heteroatoms. The van der Waals surface area contributed by atoms with E-state index in [1.54, 1.807) is 24.5 Å². The van der Waals surface area contributed by atoms with E-state index in [9.17, 15) is 4.79 Å². The fraction of sp³-hybridized carbons (Fsp3) is 0.111. The van der Waals surface area contributed by atoms with Gasteiger partial charge in [-0.2, -0.15) is 5.10 Å². The number of hydrazine groups is 2. The third-order valence-electron chi connectivity index (χ3n) is 2.02. The number of benzene rings is 1. The third-order valence-corrected chi connectivity index (χ3v) is 2.02. The van der Waals surface area contributed by atoms with Gasteiger partial charge in [0.1, 0.15) is 6.34 Å². The molecular weight excluding hydrogens is 208 g/mol. The van der Waals surface area contributed by atoms with Crippen LogP contribution in [0, 0.1) is 0 Å². The van der Waals surface area contributed by atoms with Crippen LogP contribution >= 0.6 is 0 Å². The molecule has 2 amide bonds. The number of hydrogen-bond donors (Lipinski definition) is 4. The molecule has 1 aromatic rings. The van der Waals surface area contributed by atoms with Crippen LogP contribution in [-0.2, 0) is 0 Å². The largest absolute Gasteiger partial charge is 0.341 e. The summed E-state index contributed by atoms with van der Waals surface area (Å²) >= 11 is 0. The molecule has 2 rings (SSSR count). The van der Waals surface area contributed by atoms with Crippen LogP contribution < -0.4 is 26.7 Å². The highest BCUT2D eigenvalue weighted by atomic mass is 16.2. The molecule has 1 aliphatic heterocycles. The second-order valence-electron chi connectivity index (χ2n) is 3.09. The van der Waals surface area contributed by atoms with Crippen molar-refractivity contribution in [2.45, 2.75) is 0 Å². The van der Waals surface area contributed by atoms with Gasteiger partial charge in [0.25, 0.3) is 0 Å². The minimum absolute atomic E-state index is 0.252. The van der Waals surface area contributed by atoms with Crippen LogP contribution in [0.1, 0.15) is 0 Å². The topological polar surface area (TPSA) is 80.8 Å². The van der Waals surface area contributed by atoms with Crippen molar-refractivity contribution in [3.8, 4) is 0 Å². The first-order valence-corrected chi connectivity index (χ1v) is 4.71. The predicted molar refractivity (Wildman–Crippen MR) is 61.8 cm³/mol. The van der Waals surface area contributed by atoms with Crippen LogP contribution in [0.2, 0.25) is 0 Å². The Morgan fingerprint density at radius 1 is 1.50 bits per heavy atom. The first-order chi connectivity index (χ1) is 7.79. The Morgan fingerprint density at radius 2 is 2.38 bits per heavy atom. The van der Waals surface area contributed by atoms with E-state index in [1.807, 2.05) is 18.2 Å². The van der Waals surface area contributed by atoms with Gasteiger partial charge < -0.3 is 10.6 Å². The van der Waals surface area contributed by atoms with Crippen molar-refractivity contribution in [3.63, 3.8) is 0 Å². The Balaban J connectivity index is 2.12. The molecule has 1 aromatic carbocycles. The van der Waals surface area contributed by atoms with Gasteiger partial charge in [0, 0.05) is 12.7 Å². The minimum atomic E-state index is -0.252. The number of amides is 2. The SMILES string of the molecule is CNC(=O)Nc1cccc(N2C=NNN2)c1. The highest BCUT2D eigenvalue weighted by molar-refractivity contribution is 5.90. The predicted octanol–water partition coefficient (Wildman–Crippen LogP) is 0.210. The van der Waals surface area contributed by atoms with Crippen LogP contribution in [0.3, 0.4) is 0 Å². The van der Waals surface area contributed by atoms with Crippen molar-refractivity contribution in [2.24, 2.45) is 5.10 Å². The number of nitrogens with one attached hydrogen (secondary N) is 4. The summed E-state index contributed by atoms with van der Waals surface area (Å²) in [6, 6.07) is 7.11. The summed E-state index contributed by atoms with van der Waals surface area (Å²) in [4.78, 5) is 11.1. The average Bonchev–Trinajstić information content (AvgIpc) is 2.83. The second-order valence-corrected chi connectivity index (χ2v) is 3.09. The molecule has 0 saturated carbocycles. The number of anilines is 2. The number of rotatable bonds is 2. The van der Waals surface area contributed by atoms with Gasteiger partial charge in [0.05, 0.1) is 5.69 Å². The summed E-state index contributed by atoms with van der Waals surface area (Å²) in [6.45, 7) is 0. The van der Waals surface area contributed by atoms with Gasteiger partial charge >= 0.3 is 6.03 Å². The van der Waals surface area contributed by atoms with Crippen LogP contribution in [0.4, 0.5) is 16.2 Å². The maximum Gasteiger partial charge on any atom is 0.318 e. The van der Waals surface area contributed by atoms with Crippen molar-refractivity contribution in [2.75, 3.05) is 17.4 Å². The number of carbonyl (C=O) groups excluding carboxylic acids is 1. The summed E-state index contributed by atoms with van der Waals surface area (Å²) in [5.74, 6) is 0. The molecule has 0 aliphatic carbocycles. The van der Waals surface area contributed by atoms with Gasteiger partial charge in [-0.25, -0.2) is 15.3 Å². The van der Waals surface area contributed by atoms with E-state index in [0.717, 1.165) is 5.69 Å². The second kappa shape index (κ2) is 4.49. The number of hydrogen-bond acceptors (Lipinski definition) is 5. The first kappa shape index (κ1) is 10.2. The standard InChI is InChI=1S/C9H12N6O/c1-10-9(16)12-7-3-2-4-8(5-7)15-6-11-13-14-15/h2-6,13-14H,1H3,(H2,10,12,16). The van der Waals surface area contributed by atoms with Gasteiger partial charge in [-0.05, 0) is 18.2 Å². The summed E-state index contributed by atoms with van der Waals surface area (Å²) in [5.41, 5.74) is 6.96. The highest BCUT2D eigenvalue weighted by Crippen LogP contribution is 2.17. The maximum absolute atomic E-state index is 11.1. The molecule has 84 valence electrons. The monoisotopic (exact) mass is 220 g/mol. The lowest BCUT2D eigenvalue weighted by Crippen LogP contribution is -2.37. The van der Waals surface area contributed by atoms with E-state index in [4.69, 9.17) is 0 Å². The van der Waals surface area contributed by atoms with E-state index in [2.05, 4.69) is 26.8 Å². The molecule has 1 aliphatic rings. The Kier molecular flexibility index (Phi) is 2.88. The van der Waals surface area contributed by atoms with Gasteiger partial charge in [-0.15, -0.1) is 5.53 Å². The number of hydrazone groups is 1. The molecule has 0 radical (unpaired) electrons.